The maximum absolute atomic E-state index is 12.6. The standard InChI is InChI=1S/C26H25NO4/c28-25-24(22(30-25)17-16-19-10-4-1-5-11-19)27-26(29)31-23(21-14-8-3-9-15-21)18-20-12-6-2-7-13-20/h1-15,22-24H,16-18H2,(H,27,29). The van der Waals surface area contributed by atoms with E-state index in [1.807, 2.05) is 91.0 Å². The summed E-state index contributed by atoms with van der Waals surface area (Å²) in [6, 6.07) is 28.8. The number of hydrogen-bond donors (Lipinski definition) is 1. The topological polar surface area (TPSA) is 64.6 Å². The monoisotopic (exact) mass is 415 g/mol. The van der Waals surface area contributed by atoms with E-state index in [4.69, 9.17) is 9.47 Å². The fourth-order valence-corrected chi connectivity index (χ4v) is 3.71. The summed E-state index contributed by atoms with van der Waals surface area (Å²) in [4.78, 5) is 24.6. The van der Waals surface area contributed by atoms with Gasteiger partial charge in [-0.05, 0) is 29.5 Å². The maximum atomic E-state index is 12.6. The Morgan fingerprint density at radius 2 is 1.45 bits per heavy atom. The van der Waals surface area contributed by atoms with Gasteiger partial charge in [-0.1, -0.05) is 91.0 Å². The Balaban J connectivity index is 1.37. The van der Waals surface area contributed by atoms with Crippen molar-refractivity contribution in [1.82, 2.24) is 5.32 Å². The van der Waals surface area contributed by atoms with Gasteiger partial charge in [0.2, 0.25) is 0 Å². The van der Waals surface area contributed by atoms with Gasteiger partial charge in [0.1, 0.15) is 12.2 Å². The van der Waals surface area contributed by atoms with Crippen LogP contribution < -0.4 is 5.32 Å². The van der Waals surface area contributed by atoms with Gasteiger partial charge in [-0.15, -0.1) is 0 Å². The van der Waals surface area contributed by atoms with Crippen molar-refractivity contribution in [2.24, 2.45) is 0 Å². The fraction of sp³-hybridized carbons (Fsp3) is 0.231. The van der Waals surface area contributed by atoms with E-state index in [1.165, 1.54) is 5.56 Å². The Morgan fingerprint density at radius 3 is 2.06 bits per heavy atom. The van der Waals surface area contributed by atoms with Crippen LogP contribution in [0.5, 0.6) is 0 Å². The Bertz CT molecular complexity index is 992. The molecule has 1 aliphatic rings. The van der Waals surface area contributed by atoms with E-state index < -0.39 is 24.2 Å². The minimum atomic E-state index is -0.677. The number of ether oxygens (including phenoxy) is 2. The number of aryl methyl sites for hydroxylation is 1. The van der Waals surface area contributed by atoms with Crippen molar-refractivity contribution in [1.29, 1.82) is 0 Å². The molecule has 0 aliphatic carbocycles. The lowest BCUT2D eigenvalue weighted by molar-refractivity contribution is -0.177. The highest BCUT2D eigenvalue weighted by molar-refractivity contribution is 5.86. The quantitative estimate of drug-likeness (QED) is 0.545. The molecular formula is C26H25NO4. The highest BCUT2D eigenvalue weighted by atomic mass is 16.6. The van der Waals surface area contributed by atoms with Gasteiger partial charge in [-0.2, -0.15) is 0 Å². The molecule has 0 saturated carbocycles. The highest BCUT2D eigenvalue weighted by Crippen LogP contribution is 2.24. The second-order valence-electron chi connectivity index (χ2n) is 7.62. The largest absolute Gasteiger partial charge is 0.458 e. The van der Waals surface area contributed by atoms with Gasteiger partial charge in [0.25, 0.3) is 0 Å². The normalized spacial score (nSPS) is 18.4. The Labute approximate surface area is 182 Å². The summed E-state index contributed by atoms with van der Waals surface area (Å²) in [5, 5.41) is 2.70. The van der Waals surface area contributed by atoms with E-state index in [2.05, 4.69) is 5.32 Å². The first-order valence-electron chi connectivity index (χ1n) is 10.5. The minimum Gasteiger partial charge on any atom is -0.458 e. The summed E-state index contributed by atoms with van der Waals surface area (Å²) >= 11 is 0. The zero-order valence-electron chi connectivity index (χ0n) is 17.1. The number of alkyl carbamates (subject to hydrolysis) is 1. The van der Waals surface area contributed by atoms with Crippen LogP contribution in [0.2, 0.25) is 0 Å². The number of nitrogens with one attached hydrogen (secondary N) is 1. The number of esters is 1. The fourth-order valence-electron chi connectivity index (χ4n) is 3.71. The van der Waals surface area contributed by atoms with Crippen LogP contribution in [0.1, 0.15) is 29.2 Å². The number of hydrogen-bond acceptors (Lipinski definition) is 4. The molecule has 5 nitrogen and oxygen atoms in total. The lowest BCUT2D eigenvalue weighted by Crippen LogP contribution is -2.60. The predicted molar refractivity (Wildman–Crippen MR) is 117 cm³/mol. The van der Waals surface area contributed by atoms with E-state index in [0.717, 1.165) is 17.5 Å². The third-order valence-electron chi connectivity index (χ3n) is 5.41. The van der Waals surface area contributed by atoms with Crippen molar-refractivity contribution in [3.05, 3.63) is 108 Å². The third kappa shape index (κ3) is 5.51. The molecule has 3 atom stereocenters. The summed E-state index contributed by atoms with van der Waals surface area (Å²) in [5.41, 5.74) is 3.13. The van der Waals surface area contributed by atoms with Gasteiger partial charge in [0, 0.05) is 6.42 Å². The van der Waals surface area contributed by atoms with Crippen molar-refractivity contribution in [2.75, 3.05) is 0 Å². The average Bonchev–Trinajstić information content (AvgIpc) is 2.82. The molecule has 1 N–H and O–H groups in total. The molecule has 3 aromatic carbocycles. The first-order valence-corrected chi connectivity index (χ1v) is 10.5. The summed E-state index contributed by atoms with van der Waals surface area (Å²) in [6.07, 6.45) is 0.549. The summed E-state index contributed by atoms with van der Waals surface area (Å²) in [6.45, 7) is 0. The number of cyclic esters (lactones) is 1. The minimum absolute atomic E-state index is 0.343. The first kappa shape index (κ1) is 20.7. The number of carbonyl (C=O) groups is 2. The molecule has 4 rings (SSSR count). The van der Waals surface area contributed by atoms with Crippen LogP contribution >= 0.6 is 0 Å². The van der Waals surface area contributed by atoms with E-state index in [-0.39, 0.29) is 6.10 Å². The molecule has 0 radical (unpaired) electrons. The van der Waals surface area contributed by atoms with Gasteiger partial charge in [-0.3, -0.25) is 0 Å². The number of carbonyl (C=O) groups excluding carboxylic acids is 2. The molecule has 3 unspecified atom stereocenters. The van der Waals surface area contributed by atoms with Crippen LogP contribution in [-0.4, -0.2) is 24.2 Å². The van der Waals surface area contributed by atoms with Crippen LogP contribution in [0.15, 0.2) is 91.0 Å². The lowest BCUT2D eigenvalue weighted by atomic mass is 9.98. The Morgan fingerprint density at radius 1 is 0.871 bits per heavy atom. The number of amides is 1. The Hall–Kier alpha value is -3.60. The Kier molecular flexibility index (Phi) is 6.62. The van der Waals surface area contributed by atoms with E-state index in [1.54, 1.807) is 0 Å². The molecular weight excluding hydrogens is 390 g/mol. The van der Waals surface area contributed by atoms with Crippen molar-refractivity contribution in [2.45, 2.75) is 37.5 Å². The molecule has 5 heteroatoms. The molecule has 1 fully saturated rings. The summed E-state index contributed by atoms with van der Waals surface area (Å²) < 4.78 is 11.0. The van der Waals surface area contributed by atoms with Crippen molar-refractivity contribution < 1.29 is 19.1 Å². The van der Waals surface area contributed by atoms with Gasteiger partial charge < -0.3 is 14.8 Å². The average molecular weight is 415 g/mol. The van der Waals surface area contributed by atoms with Gasteiger partial charge in [-0.25, -0.2) is 9.59 Å². The number of rotatable bonds is 8. The van der Waals surface area contributed by atoms with Gasteiger partial charge >= 0.3 is 12.1 Å². The molecule has 158 valence electrons. The summed E-state index contributed by atoms with van der Waals surface area (Å²) in [7, 11) is 0. The van der Waals surface area contributed by atoms with Crippen LogP contribution in [-0.2, 0) is 27.1 Å². The molecule has 0 spiro atoms. The smallest absolute Gasteiger partial charge is 0.408 e. The third-order valence-corrected chi connectivity index (χ3v) is 5.41. The van der Waals surface area contributed by atoms with Gasteiger partial charge in [0.15, 0.2) is 6.04 Å². The molecule has 3 aromatic rings. The molecule has 1 saturated heterocycles. The maximum Gasteiger partial charge on any atom is 0.408 e. The van der Waals surface area contributed by atoms with Crippen LogP contribution in [0.4, 0.5) is 4.79 Å². The predicted octanol–water partition coefficient (Wildman–Crippen LogP) is 4.62. The van der Waals surface area contributed by atoms with Gasteiger partial charge in [0.05, 0.1) is 0 Å². The van der Waals surface area contributed by atoms with Crippen LogP contribution in [0, 0.1) is 0 Å². The second-order valence-corrected chi connectivity index (χ2v) is 7.62. The van der Waals surface area contributed by atoms with E-state index in [9.17, 15) is 9.59 Å². The molecule has 1 heterocycles. The molecule has 1 aliphatic heterocycles. The van der Waals surface area contributed by atoms with Crippen molar-refractivity contribution in [3.63, 3.8) is 0 Å². The van der Waals surface area contributed by atoms with Crippen molar-refractivity contribution in [3.8, 4) is 0 Å². The molecule has 31 heavy (non-hydrogen) atoms. The zero-order valence-corrected chi connectivity index (χ0v) is 17.1. The van der Waals surface area contributed by atoms with E-state index in [0.29, 0.717) is 12.8 Å². The molecule has 1 amide bonds. The number of benzene rings is 3. The van der Waals surface area contributed by atoms with Crippen LogP contribution in [0.3, 0.4) is 0 Å². The lowest BCUT2D eigenvalue weighted by Gasteiger charge is -2.35. The zero-order chi connectivity index (χ0) is 21.5. The first-order chi connectivity index (χ1) is 15.2. The molecule has 0 aromatic heterocycles. The van der Waals surface area contributed by atoms with Crippen LogP contribution in [0.25, 0.3) is 0 Å². The highest BCUT2D eigenvalue weighted by Gasteiger charge is 2.43. The molecule has 0 bridgehead atoms. The van der Waals surface area contributed by atoms with Crippen molar-refractivity contribution >= 4 is 12.1 Å². The second kappa shape index (κ2) is 9.94. The SMILES string of the molecule is O=C(NC1C(=O)OC1CCc1ccccc1)OC(Cc1ccccc1)c1ccccc1. The van der Waals surface area contributed by atoms with E-state index >= 15 is 0 Å². The summed E-state index contributed by atoms with van der Waals surface area (Å²) in [5.74, 6) is -0.422.